The molecule has 0 spiro atoms. The van der Waals surface area contributed by atoms with Crippen molar-refractivity contribution in [1.82, 2.24) is 0 Å². The molecule has 4 heteroatoms. The number of hydrogen-bond donors (Lipinski definition) is 1. The lowest BCUT2D eigenvalue weighted by molar-refractivity contribution is 0.104. The van der Waals surface area contributed by atoms with E-state index in [4.69, 9.17) is 4.74 Å². The molecular formula is C18H16O3S. The van der Waals surface area contributed by atoms with Gasteiger partial charge in [-0.15, -0.1) is 11.3 Å². The lowest BCUT2D eigenvalue weighted by Crippen LogP contribution is -2.27. The van der Waals surface area contributed by atoms with Gasteiger partial charge in [0.05, 0.1) is 11.1 Å². The normalized spacial score (nSPS) is 15.5. The molecule has 0 fully saturated rings. The molecule has 2 aromatic rings. The van der Waals surface area contributed by atoms with Crippen molar-refractivity contribution < 1.29 is 14.6 Å². The Morgan fingerprint density at radius 3 is 2.86 bits per heavy atom. The molecule has 0 saturated heterocycles. The molecule has 112 valence electrons. The second-order valence-corrected chi connectivity index (χ2v) is 6.60. The van der Waals surface area contributed by atoms with Crippen LogP contribution in [0.2, 0.25) is 0 Å². The van der Waals surface area contributed by atoms with Gasteiger partial charge in [-0.2, -0.15) is 0 Å². The summed E-state index contributed by atoms with van der Waals surface area (Å²) < 4.78 is 5.78. The number of benzene rings is 1. The van der Waals surface area contributed by atoms with E-state index >= 15 is 0 Å². The Hall–Kier alpha value is -2.33. The van der Waals surface area contributed by atoms with Gasteiger partial charge in [0.15, 0.2) is 5.78 Å². The van der Waals surface area contributed by atoms with E-state index in [1.54, 1.807) is 35.6 Å². The average Bonchev–Trinajstić information content (AvgIpc) is 2.97. The number of allylic oxidation sites excluding steroid dienone is 1. The molecule has 22 heavy (non-hydrogen) atoms. The largest absolute Gasteiger partial charge is 0.506 e. The van der Waals surface area contributed by atoms with Crippen LogP contribution in [0.4, 0.5) is 0 Å². The molecule has 1 aliphatic heterocycles. The predicted molar refractivity (Wildman–Crippen MR) is 89.5 cm³/mol. The van der Waals surface area contributed by atoms with E-state index in [2.05, 4.69) is 0 Å². The molecule has 0 unspecified atom stereocenters. The van der Waals surface area contributed by atoms with E-state index in [1.807, 2.05) is 37.4 Å². The maximum Gasteiger partial charge on any atom is 0.189 e. The van der Waals surface area contributed by atoms with Crippen molar-refractivity contribution in [1.29, 1.82) is 0 Å². The van der Waals surface area contributed by atoms with Crippen molar-refractivity contribution in [3.05, 3.63) is 57.8 Å². The van der Waals surface area contributed by atoms with Crippen molar-refractivity contribution in [3.63, 3.8) is 0 Å². The topological polar surface area (TPSA) is 46.5 Å². The third kappa shape index (κ3) is 2.83. The van der Waals surface area contributed by atoms with Gasteiger partial charge < -0.3 is 9.84 Å². The molecule has 3 nitrogen and oxygen atoms in total. The van der Waals surface area contributed by atoms with Crippen LogP contribution in [-0.4, -0.2) is 16.5 Å². The fourth-order valence-electron chi connectivity index (χ4n) is 2.27. The summed E-state index contributed by atoms with van der Waals surface area (Å²) in [7, 11) is 0. The number of ether oxygens (including phenoxy) is 1. The van der Waals surface area contributed by atoms with Crippen LogP contribution in [0.3, 0.4) is 0 Å². The number of ketones is 1. The first-order valence-corrected chi connectivity index (χ1v) is 7.84. The van der Waals surface area contributed by atoms with Crippen molar-refractivity contribution in [2.24, 2.45) is 0 Å². The molecule has 0 aliphatic carbocycles. The molecule has 1 aliphatic rings. The van der Waals surface area contributed by atoms with Gasteiger partial charge in [-0.05, 0) is 61.7 Å². The summed E-state index contributed by atoms with van der Waals surface area (Å²) >= 11 is 1.55. The van der Waals surface area contributed by atoms with Crippen LogP contribution in [0.25, 0.3) is 12.2 Å². The highest BCUT2D eigenvalue weighted by Gasteiger charge is 2.25. The highest BCUT2D eigenvalue weighted by atomic mass is 32.1. The van der Waals surface area contributed by atoms with E-state index in [1.165, 1.54) is 6.08 Å². The summed E-state index contributed by atoms with van der Waals surface area (Å²) in [5.74, 6) is 0.320. The first kappa shape index (κ1) is 14.6. The number of carbonyl (C=O) groups is 1. The summed E-state index contributed by atoms with van der Waals surface area (Å²) in [6, 6.07) is 7.19. The summed E-state index contributed by atoms with van der Waals surface area (Å²) in [5, 5.41) is 12.3. The number of phenolic OH excluding ortho intramolecular Hbond substituents is 1. The summed E-state index contributed by atoms with van der Waals surface area (Å²) in [5.41, 5.74) is 0.415. The first-order chi connectivity index (χ1) is 10.5. The molecule has 1 aromatic heterocycles. The molecule has 1 aromatic carbocycles. The van der Waals surface area contributed by atoms with Crippen molar-refractivity contribution in [3.8, 4) is 11.5 Å². The maximum absolute atomic E-state index is 12.3. The SMILES string of the molecule is CC1(C)C=Cc2c(ccc(C(=O)C=Cc3cccs3)c2O)O1. The van der Waals surface area contributed by atoms with Crippen molar-refractivity contribution in [2.75, 3.05) is 0 Å². The molecule has 3 rings (SSSR count). The monoisotopic (exact) mass is 312 g/mol. The molecule has 0 amide bonds. The lowest BCUT2D eigenvalue weighted by Gasteiger charge is -2.28. The second-order valence-electron chi connectivity index (χ2n) is 5.63. The highest BCUT2D eigenvalue weighted by Crippen LogP contribution is 2.38. The Morgan fingerprint density at radius 1 is 1.32 bits per heavy atom. The zero-order valence-electron chi connectivity index (χ0n) is 12.4. The van der Waals surface area contributed by atoms with Crippen LogP contribution in [0.1, 0.15) is 34.6 Å². The Labute approximate surface area is 133 Å². The van der Waals surface area contributed by atoms with Crippen molar-refractivity contribution >= 4 is 29.3 Å². The molecule has 0 bridgehead atoms. The Kier molecular flexibility index (Phi) is 3.62. The van der Waals surface area contributed by atoms with E-state index in [-0.39, 0.29) is 17.1 Å². The van der Waals surface area contributed by atoms with Gasteiger partial charge in [0.25, 0.3) is 0 Å². The average molecular weight is 312 g/mol. The van der Waals surface area contributed by atoms with E-state index in [9.17, 15) is 9.90 Å². The number of aromatic hydroxyl groups is 1. The molecule has 1 N–H and O–H groups in total. The van der Waals surface area contributed by atoms with E-state index in [0.717, 1.165) is 4.88 Å². The fourth-order valence-corrected chi connectivity index (χ4v) is 2.89. The van der Waals surface area contributed by atoms with Gasteiger partial charge in [0.1, 0.15) is 17.1 Å². The zero-order valence-corrected chi connectivity index (χ0v) is 13.2. The second kappa shape index (κ2) is 5.46. The maximum atomic E-state index is 12.3. The molecule has 0 radical (unpaired) electrons. The summed E-state index contributed by atoms with van der Waals surface area (Å²) in [6.07, 6.45) is 6.89. The number of carbonyl (C=O) groups excluding carboxylic acids is 1. The van der Waals surface area contributed by atoms with Crippen LogP contribution in [0.15, 0.2) is 41.8 Å². The van der Waals surface area contributed by atoms with Gasteiger partial charge in [-0.3, -0.25) is 4.79 Å². The molecule has 2 heterocycles. The predicted octanol–water partition coefficient (Wildman–Crippen LogP) is 4.53. The van der Waals surface area contributed by atoms with Crippen molar-refractivity contribution in [2.45, 2.75) is 19.4 Å². The minimum atomic E-state index is -0.413. The minimum Gasteiger partial charge on any atom is -0.506 e. The van der Waals surface area contributed by atoms with Crippen LogP contribution in [-0.2, 0) is 0 Å². The number of hydrogen-bond acceptors (Lipinski definition) is 4. The molecule has 0 atom stereocenters. The lowest BCUT2D eigenvalue weighted by atomic mass is 9.98. The van der Waals surface area contributed by atoms with Crippen LogP contribution >= 0.6 is 11.3 Å². The Morgan fingerprint density at radius 2 is 2.14 bits per heavy atom. The van der Waals surface area contributed by atoms with Gasteiger partial charge in [-0.25, -0.2) is 0 Å². The first-order valence-electron chi connectivity index (χ1n) is 6.96. The van der Waals surface area contributed by atoms with Crippen LogP contribution in [0.5, 0.6) is 11.5 Å². The smallest absolute Gasteiger partial charge is 0.189 e. The van der Waals surface area contributed by atoms with Crippen LogP contribution < -0.4 is 4.74 Å². The quantitative estimate of drug-likeness (QED) is 0.669. The number of fused-ring (bicyclic) bond motifs is 1. The van der Waals surface area contributed by atoms with E-state index in [0.29, 0.717) is 11.3 Å². The third-order valence-electron chi connectivity index (χ3n) is 3.41. The number of rotatable bonds is 3. The number of thiophene rings is 1. The summed E-state index contributed by atoms with van der Waals surface area (Å²) in [6.45, 7) is 3.87. The number of phenols is 1. The standard InChI is InChI=1S/C18H16O3S/c1-18(2)10-9-14-16(21-18)8-6-13(17(14)20)15(19)7-5-12-4-3-11-22-12/h3-11,20H,1-2H3. The Balaban J connectivity index is 1.91. The molecular weight excluding hydrogens is 296 g/mol. The zero-order chi connectivity index (χ0) is 15.7. The van der Waals surface area contributed by atoms with Gasteiger partial charge in [0.2, 0.25) is 0 Å². The Bertz CT molecular complexity index is 768. The van der Waals surface area contributed by atoms with Gasteiger partial charge in [0, 0.05) is 4.88 Å². The van der Waals surface area contributed by atoms with Gasteiger partial charge >= 0.3 is 0 Å². The highest BCUT2D eigenvalue weighted by molar-refractivity contribution is 7.10. The fraction of sp³-hybridized carbons (Fsp3) is 0.167. The van der Waals surface area contributed by atoms with E-state index < -0.39 is 5.60 Å². The summed E-state index contributed by atoms with van der Waals surface area (Å²) in [4.78, 5) is 13.3. The van der Waals surface area contributed by atoms with Crippen LogP contribution in [0, 0.1) is 0 Å². The third-order valence-corrected chi connectivity index (χ3v) is 4.25. The molecule has 0 saturated carbocycles. The van der Waals surface area contributed by atoms with Gasteiger partial charge in [-0.1, -0.05) is 6.07 Å². The minimum absolute atomic E-state index is 0.0370.